The van der Waals surface area contributed by atoms with Gasteiger partial charge in [-0.05, 0) is 24.0 Å². The van der Waals surface area contributed by atoms with Gasteiger partial charge < -0.3 is 24.4 Å². The first-order chi connectivity index (χ1) is 21.5. The second-order valence-electron chi connectivity index (χ2n) is 11.6. The van der Waals surface area contributed by atoms with Crippen LogP contribution in [0, 0.1) is 16.0 Å². The Morgan fingerprint density at radius 3 is 2.52 bits per heavy atom. The van der Waals surface area contributed by atoms with Crippen molar-refractivity contribution < 1.29 is 14.5 Å². The van der Waals surface area contributed by atoms with Gasteiger partial charge in [0.05, 0.1) is 24.9 Å². The lowest BCUT2D eigenvalue weighted by molar-refractivity contribution is -0.384. The maximum atomic E-state index is 12.9. The van der Waals surface area contributed by atoms with E-state index in [4.69, 9.17) is 14.7 Å². The number of amides is 1. The molecule has 1 N–H and O–H groups in total. The van der Waals surface area contributed by atoms with Crippen LogP contribution in [0.2, 0.25) is 0 Å². The molecule has 230 valence electrons. The molecule has 2 aliphatic rings. The lowest BCUT2D eigenvalue weighted by Gasteiger charge is -2.35. The number of aromatic nitrogens is 4. The van der Waals surface area contributed by atoms with E-state index in [0.29, 0.717) is 74.5 Å². The minimum absolute atomic E-state index is 0.0489. The number of anilines is 2. The number of hydrogen-bond acceptors (Lipinski definition) is 9. The van der Waals surface area contributed by atoms with Crippen LogP contribution in [0.1, 0.15) is 49.7 Å². The van der Waals surface area contributed by atoms with Gasteiger partial charge in [-0.2, -0.15) is 9.97 Å². The van der Waals surface area contributed by atoms with Crippen molar-refractivity contribution in [2.24, 2.45) is 5.92 Å². The Labute approximate surface area is 256 Å². The fraction of sp³-hybridized carbons (Fsp3) is 0.438. The lowest BCUT2D eigenvalue weighted by atomic mass is 10.0. The molecule has 12 nitrogen and oxygen atoms in total. The fourth-order valence-corrected chi connectivity index (χ4v) is 6.20. The van der Waals surface area contributed by atoms with Crippen LogP contribution in [0.15, 0.2) is 54.9 Å². The number of fused-ring (bicyclic) bond motifs is 1. The van der Waals surface area contributed by atoms with E-state index >= 15 is 0 Å². The van der Waals surface area contributed by atoms with Crippen molar-refractivity contribution in [3.05, 3.63) is 76.1 Å². The van der Waals surface area contributed by atoms with Gasteiger partial charge in [0.1, 0.15) is 5.75 Å². The van der Waals surface area contributed by atoms with Gasteiger partial charge in [-0.15, -0.1) is 0 Å². The predicted octanol–water partition coefficient (Wildman–Crippen LogP) is 5.02. The second-order valence-corrected chi connectivity index (χ2v) is 11.6. The van der Waals surface area contributed by atoms with Gasteiger partial charge in [0, 0.05) is 56.8 Å². The molecule has 0 radical (unpaired) electrons. The van der Waals surface area contributed by atoms with E-state index in [0.717, 1.165) is 23.3 Å². The third-order valence-electron chi connectivity index (χ3n) is 8.75. The molecule has 1 aliphatic carbocycles. The van der Waals surface area contributed by atoms with Crippen molar-refractivity contribution in [3.63, 3.8) is 0 Å². The van der Waals surface area contributed by atoms with Gasteiger partial charge >= 0.3 is 0 Å². The van der Waals surface area contributed by atoms with Crippen molar-refractivity contribution in [2.45, 2.75) is 51.6 Å². The Morgan fingerprint density at radius 1 is 1.05 bits per heavy atom. The molecular formula is C32H38N8O4. The zero-order valence-corrected chi connectivity index (χ0v) is 25.0. The number of carbonyl (C=O) groups excluding carboxylic acids is 1. The number of piperazine rings is 1. The Balaban J connectivity index is 1.22. The number of hydrogen-bond donors (Lipinski definition) is 1. The van der Waals surface area contributed by atoms with Crippen LogP contribution in [0.4, 0.5) is 17.5 Å². The molecule has 0 spiro atoms. The van der Waals surface area contributed by atoms with Crippen molar-refractivity contribution in [3.8, 4) is 5.75 Å². The number of para-hydroxylation sites is 1. The average molecular weight is 599 g/mol. The number of nitro benzene ring substituents is 1. The van der Waals surface area contributed by atoms with Gasteiger partial charge in [0.25, 0.3) is 5.69 Å². The highest BCUT2D eigenvalue weighted by molar-refractivity contribution is 5.84. The van der Waals surface area contributed by atoms with E-state index < -0.39 is 4.92 Å². The van der Waals surface area contributed by atoms with Crippen molar-refractivity contribution in [1.82, 2.24) is 24.4 Å². The highest BCUT2D eigenvalue weighted by atomic mass is 16.6. The summed E-state index contributed by atoms with van der Waals surface area (Å²) in [5.41, 5.74) is 3.21. The van der Waals surface area contributed by atoms with E-state index in [1.165, 1.54) is 37.8 Å². The highest BCUT2D eigenvalue weighted by Gasteiger charge is 2.25. The van der Waals surface area contributed by atoms with Crippen LogP contribution < -0.4 is 15.0 Å². The summed E-state index contributed by atoms with van der Waals surface area (Å²) in [6, 6.07) is 14.3. The molecule has 4 aromatic rings. The van der Waals surface area contributed by atoms with E-state index in [2.05, 4.69) is 15.2 Å². The smallest absolute Gasteiger partial charge is 0.269 e. The van der Waals surface area contributed by atoms with E-state index in [-0.39, 0.29) is 11.6 Å². The number of nitrogens with one attached hydrogen (secondary N) is 1. The topological polar surface area (TPSA) is 132 Å². The Hall–Kier alpha value is -4.74. The zero-order valence-electron chi connectivity index (χ0n) is 25.0. The number of nitrogens with zero attached hydrogens (tertiary/aromatic N) is 7. The first-order valence-electron chi connectivity index (χ1n) is 15.3. The van der Waals surface area contributed by atoms with Crippen LogP contribution in [-0.2, 0) is 17.9 Å². The first kappa shape index (κ1) is 29.3. The van der Waals surface area contributed by atoms with Gasteiger partial charge in [0.2, 0.25) is 11.9 Å². The van der Waals surface area contributed by atoms with E-state index in [9.17, 15) is 14.9 Å². The van der Waals surface area contributed by atoms with Gasteiger partial charge in [-0.25, -0.2) is 4.98 Å². The molecule has 44 heavy (non-hydrogen) atoms. The molecule has 2 fully saturated rings. The summed E-state index contributed by atoms with van der Waals surface area (Å²) in [7, 11) is 1.65. The number of benzene rings is 2. The molecular weight excluding hydrogens is 560 g/mol. The number of methoxy groups -OCH3 is 1. The molecule has 0 atom stereocenters. The molecule has 3 heterocycles. The van der Waals surface area contributed by atoms with Crippen LogP contribution >= 0.6 is 0 Å². The molecule has 0 unspecified atom stereocenters. The molecule has 0 bridgehead atoms. The number of carbonyl (C=O) groups is 1. The zero-order chi connectivity index (χ0) is 30.5. The average Bonchev–Trinajstić information content (AvgIpc) is 3.73. The molecule has 1 saturated carbocycles. The van der Waals surface area contributed by atoms with E-state index in [1.54, 1.807) is 25.6 Å². The number of non-ortho nitro benzene ring substituents is 1. The Kier molecular flexibility index (Phi) is 8.85. The normalized spacial score (nSPS) is 15.6. The van der Waals surface area contributed by atoms with Crippen molar-refractivity contribution in [1.29, 1.82) is 0 Å². The maximum Gasteiger partial charge on any atom is 0.269 e. The fourth-order valence-electron chi connectivity index (χ4n) is 6.20. The summed E-state index contributed by atoms with van der Waals surface area (Å²) in [5.74, 6) is 2.91. The van der Waals surface area contributed by atoms with Crippen LogP contribution in [-0.4, -0.2) is 68.5 Å². The van der Waals surface area contributed by atoms with Gasteiger partial charge in [-0.1, -0.05) is 56.0 Å². The first-order valence-corrected chi connectivity index (χ1v) is 15.3. The summed E-state index contributed by atoms with van der Waals surface area (Å²) in [6.07, 6.45) is 8.46. The Bertz CT molecular complexity index is 1610. The van der Waals surface area contributed by atoms with Gasteiger partial charge in [-0.3, -0.25) is 14.9 Å². The molecule has 1 aliphatic heterocycles. The predicted molar refractivity (Wildman–Crippen MR) is 168 cm³/mol. The molecule has 2 aromatic heterocycles. The molecule has 1 amide bonds. The third kappa shape index (κ3) is 6.58. The maximum absolute atomic E-state index is 12.9. The molecule has 2 aromatic carbocycles. The van der Waals surface area contributed by atoms with Crippen molar-refractivity contribution >= 4 is 34.5 Å². The number of nitro groups is 1. The van der Waals surface area contributed by atoms with E-state index in [1.807, 2.05) is 33.7 Å². The summed E-state index contributed by atoms with van der Waals surface area (Å²) < 4.78 is 7.46. The molecule has 1 saturated heterocycles. The van der Waals surface area contributed by atoms with Gasteiger partial charge in [0.15, 0.2) is 17.0 Å². The number of rotatable bonds is 11. The largest absolute Gasteiger partial charge is 0.496 e. The molecule has 12 heteroatoms. The third-order valence-corrected chi connectivity index (χ3v) is 8.75. The quantitative estimate of drug-likeness (QED) is 0.187. The van der Waals surface area contributed by atoms with Crippen molar-refractivity contribution in [2.75, 3.05) is 43.5 Å². The standard InChI is InChI=1S/C32H38N8O4/c1-44-27-9-5-4-8-25(27)20-33-30-29-31(39(22-34-29)21-24-10-13-26(14-11-24)40(42)43)36-32(35-30)38-18-16-37(17-19-38)28(41)15-12-23-6-2-3-7-23/h4-5,8-11,13-14,22-23H,2-3,6-7,12,15-21H2,1H3,(H,33,35,36). The summed E-state index contributed by atoms with van der Waals surface area (Å²) in [6.45, 7) is 3.48. The van der Waals surface area contributed by atoms with Crippen LogP contribution in [0.3, 0.4) is 0 Å². The monoisotopic (exact) mass is 598 g/mol. The summed E-state index contributed by atoms with van der Waals surface area (Å²) in [4.78, 5) is 42.3. The number of imidazole rings is 1. The SMILES string of the molecule is COc1ccccc1CNc1nc(N2CCN(C(=O)CCC3CCCC3)CC2)nc2c1ncn2Cc1ccc([N+](=O)[O-])cc1. The van der Waals surface area contributed by atoms with Crippen LogP contribution in [0.25, 0.3) is 11.2 Å². The lowest BCUT2D eigenvalue weighted by Crippen LogP contribution is -2.49. The molecule has 6 rings (SSSR count). The minimum Gasteiger partial charge on any atom is -0.496 e. The summed E-state index contributed by atoms with van der Waals surface area (Å²) >= 11 is 0. The summed E-state index contributed by atoms with van der Waals surface area (Å²) in [5, 5.41) is 14.6. The second kappa shape index (κ2) is 13.3. The minimum atomic E-state index is -0.404. The van der Waals surface area contributed by atoms with Crippen LogP contribution in [0.5, 0.6) is 5.75 Å². The highest BCUT2D eigenvalue weighted by Crippen LogP contribution is 2.29. The number of ether oxygens (including phenoxy) is 1. The Morgan fingerprint density at radius 2 is 1.80 bits per heavy atom.